The van der Waals surface area contributed by atoms with Crippen molar-refractivity contribution in [2.75, 3.05) is 20.2 Å². The molecule has 2 rings (SSSR count). The molecule has 0 atom stereocenters. The zero-order chi connectivity index (χ0) is 11.8. The number of methoxy groups -OCH3 is 1. The van der Waals surface area contributed by atoms with Gasteiger partial charge in [-0.1, -0.05) is 0 Å². The molecule has 2 heterocycles. The normalized spacial score (nSPS) is 19.5. The predicted octanol–water partition coefficient (Wildman–Crippen LogP) is -0.0410. The Morgan fingerprint density at radius 1 is 1.44 bits per heavy atom. The lowest BCUT2D eigenvalue weighted by molar-refractivity contribution is -0.0516. The van der Waals surface area contributed by atoms with Gasteiger partial charge in [0.15, 0.2) is 5.82 Å². The monoisotopic (exact) mass is 225 g/mol. The third kappa shape index (κ3) is 2.08. The van der Waals surface area contributed by atoms with Crippen LogP contribution in [0.4, 0.5) is 0 Å². The highest BCUT2D eigenvalue weighted by atomic mass is 16.5. The molecule has 0 spiro atoms. The molecule has 1 aromatic rings. The standard InChI is InChI=1S/C10H19N5O/c1-9(2,3)15-13-8(12-14-15)5-10(16-4)6-11-7-10/h11H,5-7H2,1-4H3. The van der Waals surface area contributed by atoms with E-state index in [1.165, 1.54) is 0 Å². The van der Waals surface area contributed by atoms with Crippen LogP contribution in [0.25, 0.3) is 0 Å². The van der Waals surface area contributed by atoms with Crippen LogP contribution in [0.1, 0.15) is 26.6 Å². The highest BCUT2D eigenvalue weighted by Crippen LogP contribution is 2.20. The highest BCUT2D eigenvalue weighted by Gasteiger charge is 2.38. The quantitative estimate of drug-likeness (QED) is 0.782. The predicted molar refractivity (Wildman–Crippen MR) is 59.1 cm³/mol. The first-order chi connectivity index (χ1) is 7.45. The van der Waals surface area contributed by atoms with E-state index in [-0.39, 0.29) is 11.1 Å². The van der Waals surface area contributed by atoms with Crippen LogP contribution in [0.2, 0.25) is 0 Å². The third-order valence-electron chi connectivity index (χ3n) is 2.86. The van der Waals surface area contributed by atoms with Crippen LogP contribution in [-0.2, 0) is 16.7 Å². The van der Waals surface area contributed by atoms with Gasteiger partial charge in [0.25, 0.3) is 0 Å². The lowest BCUT2D eigenvalue weighted by atomic mass is 9.92. The summed E-state index contributed by atoms with van der Waals surface area (Å²) in [6, 6.07) is 0. The van der Waals surface area contributed by atoms with Crippen LogP contribution in [0, 0.1) is 0 Å². The fourth-order valence-corrected chi connectivity index (χ4v) is 1.63. The molecule has 0 unspecified atom stereocenters. The first-order valence-electron chi connectivity index (χ1n) is 5.50. The second-order valence-corrected chi connectivity index (χ2v) is 5.33. The van der Waals surface area contributed by atoms with E-state index in [1.807, 2.05) is 0 Å². The van der Waals surface area contributed by atoms with Crippen molar-refractivity contribution >= 4 is 0 Å². The van der Waals surface area contributed by atoms with Crippen molar-refractivity contribution in [3.8, 4) is 0 Å². The Balaban J connectivity index is 2.08. The Morgan fingerprint density at radius 2 is 2.12 bits per heavy atom. The molecule has 0 amide bonds. The van der Waals surface area contributed by atoms with Gasteiger partial charge in [-0.2, -0.15) is 4.80 Å². The lowest BCUT2D eigenvalue weighted by Gasteiger charge is -2.40. The van der Waals surface area contributed by atoms with E-state index >= 15 is 0 Å². The molecule has 1 aliphatic heterocycles. The highest BCUT2D eigenvalue weighted by molar-refractivity contribution is 5.01. The van der Waals surface area contributed by atoms with Gasteiger partial charge in [0.2, 0.25) is 0 Å². The first kappa shape index (κ1) is 11.5. The molecule has 0 bridgehead atoms. The fraction of sp³-hybridized carbons (Fsp3) is 0.900. The maximum atomic E-state index is 5.49. The molecular weight excluding hydrogens is 206 g/mol. The molecule has 0 aliphatic carbocycles. The van der Waals surface area contributed by atoms with E-state index in [2.05, 4.69) is 41.5 Å². The lowest BCUT2D eigenvalue weighted by Crippen LogP contribution is -2.62. The average molecular weight is 225 g/mol. The Bertz CT molecular complexity index is 358. The van der Waals surface area contributed by atoms with Crippen LogP contribution in [0.5, 0.6) is 0 Å². The van der Waals surface area contributed by atoms with Gasteiger partial charge in [-0.05, 0) is 26.0 Å². The maximum Gasteiger partial charge on any atom is 0.177 e. The molecule has 0 radical (unpaired) electrons. The molecule has 90 valence electrons. The van der Waals surface area contributed by atoms with Crippen LogP contribution < -0.4 is 5.32 Å². The zero-order valence-electron chi connectivity index (χ0n) is 10.3. The smallest absolute Gasteiger partial charge is 0.177 e. The number of nitrogens with one attached hydrogen (secondary N) is 1. The summed E-state index contributed by atoms with van der Waals surface area (Å²) in [5.74, 6) is 0.748. The molecule has 1 aliphatic rings. The summed E-state index contributed by atoms with van der Waals surface area (Å²) in [5, 5.41) is 15.7. The topological polar surface area (TPSA) is 64.9 Å². The first-order valence-corrected chi connectivity index (χ1v) is 5.50. The summed E-state index contributed by atoms with van der Waals surface area (Å²) >= 11 is 0. The number of tetrazole rings is 1. The SMILES string of the molecule is COC1(Cc2nnn(C(C)(C)C)n2)CNC1. The van der Waals surface area contributed by atoms with Gasteiger partial charge in [0.1, 0.15) is 0 Å². The van der Waals surface area contributed by atoms with E-state index in [4.69, 9.17) is 4.74 Å². The summed E-state index contributed by atoms with van der Waals surface area (Å²) < 4.78 is 5.49. The van der Waals surface area contributed by atoms with Crippen molar-refractivity contribution in [3.05, 3.63) is 5.82 Å². The molecule has 0 aromatic carbocycles. The van der Waals surface area contributed by atoms with Crippen molar-refractivity contribution in [2.45, 2.75) is 38.3 Å². The molecule has 1 aromatic heterocycles. The molecule has 1 saturated heterocycles. The largest absolute Gasteiger partial charge is 0.375 e. The van der Waals surface area contributed by atoms with Gasteiger partial charge >= 0.3 is 0 Å². The fourth-order valence-electron chi connectivity index (χ4n) is 1.63. The van der Waals surface area contributed by atoms with Crippen LogP contribution in [0.3, 0.4) is 0 Å². The number of nitrogens with zero attached hydrogens (tertiary/aromatic N) is 4. The van der Waals surface area contributed by atoms with E-state index in [0.717, 1.165) is 18.9 Å². The van der Waals surface area contributed by atoms with E-state index in [1.54, 1.807) is 11.9 Å². The summed E-state index contributed by atoms with van der Waals surface area (Å²) in [7, 11) is 1.73. The van der Waals surface area contributed by atoms with Crippen molar-refractivity contribution in [1.29, 1.82) is 0 Å². The second-order valence-electron chi connectivity index (χ2n) is 5.33. The van der Waals surface area contributed by atoms with Gasteiger partial charge in [-0.15, -0.1) is 10.2 Å². The van der Waals surface area contributed by atoms with Gasteiger partial charge in [0, 0.05) is 26.6 Å². The molecule has 1 N–H and O–H groups in total. The molecule has 16 heavy (non-hydrogen) atoms. The van der Waals surface area contributed by atoms with Crippen molar-refractivity contribution in [1.82, 2.24) is 25.5 Å². The summed E-state index contributed by atoms with van der Waals surface area (Å²) in [6.07, 6.45) is 0.715. The third-order valence-corrected chi connectivity index (χ3v) is 2.86. The Morgan fingerprint density at radius 3 is 2.50 bits per heavy atom. The second kappa shape index (κ2) is 3.78. The number of rotatable bonds is 3. The van der Waals surface area contributed by atoms with E-state index in [9.17, 15) is 0 Å². The van der Waals surface area contributed by atoms with E-state index in [0.29, 0.717) is 6.42 Å². The van der Waals surface area contributed by atoms with Crippen molar-refractivity contribution in [2.24, 2.45) is 0 Å². The minimum atomic E-state index is -0.133. The van der Waals surface area contributed by atoms with Gasteiger partial charge < -0.3 is 10.1 Å². The molecule has 0 saturated carbocycles. The number of ether oxygens (including phenoxy) is 1. The maximum absolute atomic E-state index is 5.49. The average Bonchev–Trinajstić information content (AvgIpc) is 2.58. The number of hydrogen-bond acceptors (Lipinski definition) is 5. The van der Waals surface area contributed by atoms with E-state index < -0.39 is 0 Å². The summed E-state index contributed by atoms with van der Waals surface area (Å²) in [4.78, 5) is 1.65. The molecule has 6 nitrogen and oxygen atoms in total. The minimum absolute atomic E-state index is 0.122. The van der Waals surface area contributed by atoms with Gasteiger partial charge in [0.05, 0.1) is 11.1 Å². The number of aromatic nitrogens is 4. The molecular formula is C10H19N5O. The Hall–Kier alpha value is -1.01. The minimum Gasteiger partial charge on any atom is -0.375 e. The van der Waals surface area contributed by atoms with Gasteiger partial charge in [-0.3, -0.25) is 0 Å². The Kier molecular flexibility index (Phi) is 2.71. The van der Waals surface area contributed by atoms with Crippen LogP contribution in [0.15, 0.2) is 0 Å². The van der Waals surface area contributed by atoms with Crippen molar-refractivity contribution < 1.29 is 4.74 Å². The van der Waals surface area contributed by atoms with Crippen LogP contribution in [-0.4, -0.2) is 46.0 Å². The Labute approximate surface area is 95.4 Å². The summed E-state index contributed by atoms with van der Waals surface area (Å²) in [5.41, 5.74) is -0.255. The summed E-state index contributed by atoms with van der Waals surface area (Å²) in [6.45, 7) is 7.86. The number of hydrogen-bond donors (Lipinski definition) is 1. The zero-order valence-corrected chi connectivity index (χ0v) is 10.3. The van der Waals surface area contributed by atoms with Crippen molar-refractivity contribution in [3.63, 3.8) is 0 Å². The van der Waals surface area contributed by atoms with Crippen LogP contribution >= 0.6 is 0 Å². The molecule has 1 fully saturated rings. The van der Waals surface area contributed by atoms with Gasteiger partial charge in [-0.25, -0.2) is 0 Å². The molecule has 6 heteroatoms.